The maximum absolute atomic E-state index is 11.3. The first kappa shape index (κ1) is 29.7. The first-order valence-corrected chi connectivity index (χ1v) is 15.2. The summed E-state index contributed by atoms with van der Waals surface area (Å²) in [6.45, 7) is 6.62. The molecule has 0 aliphatic carbocycles. The summed E-state index contributed by atoms with van der Waals surface area (Å²) < 4.78 is 33.7. The Labute approximate surface area is 236 Å². The number of ether oxygens (including phenoxy) is 3. The molecule has 0 bridgehead atoms. The van der Waals surface area contributed by atoms with Crippen LogP contribution in [-0.4, -0.2) is 35.8 Å². The molecule has 2 unspecified atom stereocenters. The fourth-order valence-corrected chi connectivity index (χ4v) is 5.50. The molecule has 40 heavy (non-hydrogen) atoms. The van der Waals surface area contributed by atoms with Gasteiger partial charge in [-0.2, -0.15) is 0 Å². The van der Waals surface area contributed by atoms with Gasteiger partial charge in [-0.25, -0.2) is 4.57 Å². The minimum absolute atomic E-state index is 0.0715. The molecule has 3 aromatic rings. The lowest BCUT2D eigenvalue weighted by Gasteiger charge is -2.27. The molecule has 3 N–H and O–H groups in total. The summed E-state index contributed by atoms with van der Waals surface area (Å²) in [6.07, 6.45) is 3.77. The van der Waals surface area contributed by atoms with Crippen LogP contribution in [0.2, 0.25) is 0 Å². The molecular formula is C31H38NO7P. The zero-order chi connectivity index (χ0) is 28.7. The predicted molar refractivity (Wildman–Crippen MR) is 157 cm³/mol. The van der Waals surface area contributed by atoms with Crippen molar-refractivity contribution in [3.05, 3.63) is 83.4 Å². The minimum Gasteiger partial charge on any atom is -0.489 e. The predicted octanol–water partition coefficient (Wildman–Crippen LogP) is 6.80. The monoisotopic (exact) mass is 567 g/mol. The third kappa shape index (κ3) is 7.26. The van der Waals surface area contributed by atoms with E-state index in [0.717, 1.165) is 65.0 Å². The van der Waals surface area contributed by atoms with Gasteiger partial charge in [-0.1, -0.05) is 57.5 Å². The van der Waals surface area contributed by atoms with Gasteiger partial charge in [0.05, 0.1) is 0 Å². The van der Waals surface area contributed by atoms with Gasteiger partial charge in [0.15, 0.2) is 11.5 Å². The highest BCUT2D eigenvalue weighted by atomic mass is 31.2. The zero-order valence-electron chi connectivity index (χ0n) is 23.4. The summed E-state index contributed by atoms with van der Waals surface area (Å²) in [7, 11) is -2.68. The van der Waals surface area contributed by atoms with Gasteiger partial charge in [-0.3, -0.25) is 9.79 Å². The lowest BCUT2D eigenvalue weighted by atomic mass is 9.88. The van der Waals surface area contributed by atoms with Gasteiger partial charge in [-0.15, -0.1) is 0 Å². The molecule has 0 amide bonds. The van der Waals surface area contributed by atoms with E-state index in [9.17, 15) is 14.4 Å². The minimum atomic E-state index is -4.66. The first-order valence-electron chi connectivity index (χ1n) is 13.7. The fraction of sp³-hybridized carbons (Fsp3) is 0.355. The van der Waals surface area contributed by atoms with Crippen molar-refractivity contribution >= 4 is 19.0 Å². The van der Waals surface area contributed by atoms with Crippen LogP contribution in [0.1, 0.15) is 63.1 Å². The van der Waals surface area contributed by atoms with Crippen molar-refractivity contribution in [3.63, 3.8) is 0 Å². The Morgan fingerprint density at radius 3 is 2.05 bits per heavy atom. The summed E-state index contributed by atoms with van der Waals surface area (Å²) in [5.74, 6) is 2.32. The molecule has 0 saturated heterocycles. The Morgan fingerprint density at radius 2 is 1.50 bits per heavy atom. The Balaban J connectivity index is 1.75. The van der Waals surface area contributed by atoms with E-state index >= 15 is 0 Å². The SMILES string of the molecule is CCCC(Oc1ccc(C(=C(CC)c2ccc3c(c2)OCO3)c2ccc(OP(=O)(O)O)cc2)cc1)C(CC)NC. The highest BCUT2D eigenvalue weighted by Gasteiger charge is 2.21. The number of phosphoric ester groups is 1. The molecule has 2 atom stereocenters. The molecule has 3 aromatic carbocycles. The zero-order valence-corrected chi connectivity index (χ0v) is 24.3. The van der Waals surface area contributed by atoms with E-state index < -0.39 is 7.82 Å². The molecule has 214 valence electrons. The van der Waals surface area contributed by atoms with Gasteiger partial charge in [-0.05, 0) is 90.5 Å². The van der Waals surface area contributed by atoms with E-state index in [0.29, 0.717) is 5.75 Å². The Bertz CT molecular complexity index is 1350. The normalized spacial score (nSPS) is 14.8. The number of fused-ring (bicyclic) bond motifs is 1. The molecular weight excluding hydrogens is 529 g/mol. The molecule has 0 fully saturated rings. The van der Waals surface area contributed by atoms with Crippen LogP contribution >= 0.6 is 7.82 Å². The second-order valence-corrected chi connectivity index (χ2v) is 10.8. The van der Waals surface area contributed by atoms with Gasteiger partial charge in [0.2, 0.25) is 6.79 Å². The van der Waals surface area contributed by atoms with Crippen LogP contribution in [0.5, 0.6) is 23.0 Å². The van der Waals surface area contributed by atoms with Crippen LogP contribution in [0.15, 0.2) is 66.7 Å². The van der Waals surface area contributed by atoms with E-state index in [1.165, 1.54) is 0 Å². The van der Waals surface area contributed by atoms with Crippen LogP contribution in [-0.2, 0) is 4.57 Å². The van der Waals surface area contributed by atoms with E-state index in [1.54, 1.807) is 12.1 Å². The van der Waals surface area contributed by atoms with E-state index in [-0.39, 0.29) is 24.7 Å². The van der Waals surface area contributed by atoms with Gasteiger partial charge in [0, 0.05) is 6.04 Å². The first-order chi connectivity index (χ1) is 19.3. The fourth-order valence-electron chi connectivity index (χ4n) is 5.10. The number of benzene rings is 3. The largest absolute Gasteiger partial charge is 0.524 e. The van der Waals surface area contributed by atoms with Crippen LogP contribution in [0.4, 0.5) is 0 Å². The Kier molecular flexibility index (Phi) is 9.93. The van der Waals surface area contributed by atoms with E-state index in [1.807, 2.05) is 49.5 Å². The van der Waals surface area contributed by atoms with Gasteiger partial charge in [0.1, 0.15) is 17.6 Å². The smallest absolute Gasteiger partial charge is 0.489 e. The average Bonchev–Trinajstić information content (AvgIpc) is 3.41. The lowest BCUT2D eigenvalue weighted by Crippen LogP contribution is -2.40. The quantitative estimate of drug-likeness (QED) is 0.153. The standard InChI is InChI=1S/C31H38NO7P/c1-5-8-28(27(7-3)32-4)38-24-14-9-21(10-15-24)31(22-11-16-25(17-12-22)39-40(33,34)35)26(6-2)23-13-18-29-30(19-23)37-20-36-29/h9-19,27-28,32H,5-8,20H2,1-4H3,(H2,33,34,35). The number of phosphoric acid groups is 1. The maximum atomic E-state index is 11.3. The number of allylic oxidation sites excluding steroid dienone is 1. The molecule has 0 radical (unpaired) electrons. The summed E-state index contributed by atoms with van der Waals surface area (Å²) in [4.78, 5) is 18.4. The summed E-state index contributed by atoms with van der Waals surface area (Å²) in [5, 5.41) is 3.37. The Morgan fingerprint density at radius 1 is 0.900 bits per heavy atom. The summed E-state index contributed by atoms with van der Waals surface area (Å²) in [6, 6.07) is 21.0. The Hall–Kier alpha value is -3.29. The molecule has 1 heterocycles. The van der Waals surface area contributed by atoms with Gasteiger partial charge in [0.25, 0.3) is 0 Å². The van der Waals surface area contributed by atoms with E-state index in [4.69, 9.17) is 18.7 Å². The van der Waals surface area contributed by atoms with Crippen molar-refractivity contribution in [2.24, 2.45) is 0 Å². The molecule has 9 heteroatoms. The van der Waals surface area contributed by atoms with Crippen molar-refractivity contribution in [1.29, 1.82) is 0 Å². The van der Waals surface area contributed by atoms with Crippen molar-refractivity contribution < 1.29 is 33.1 Å². The van der Waals surface area contributed by atoms with Crippen molar-refractivity contribution in [2.45, 2.75) is 58.6 Å². The van der Waals surface area contributed by atoms with Gasteiger partial charge >= 0.3 is 7.82 Å². The topological polar surface area (TPSA) is 106 Å². The summed E-state index contributed by atoms with van der Waals surface area (Å²) >= 11 is 0. The number of nitrogens with one attached hydrogen (secondary N) is 1. The second kappa shape index (κ2) is 13.4. The summed E-state index contributed by atoms with van der Waals surface area (Å²) in [5.41, 5.74) is 4.94. The number of hydrogen-bond donors (Lipinski definition) is 3. The van der Waals surface area contributed by atoms with E-state index in [2.05, 4.69) is 38.2 Å². The molecule has 1 aliphatic rings. The van der Waals surface area contributed by atoms with Crippen molar-refractivity contribution in [3.8, 4) is 23.0 Å². The van der Waals surface area contributed by atoms with Crippen LogP contribution in [0.3, 0.4) is 0 Å². The van der Waals surface area contributed by atoms with Crippen LogP contribution < -0.4 is 24.1 Å². The molecule has 4 rings (SSSR count). The molecule has 0 saturated carbocycles. The molecule has 1 aliphatic heterocycles. The number of rotatable bonds is 13. The maximum Gasteiger partial charge on any atom is 0.524 e. The lowest BCUT2D eigenvalue weighted by molar-refractivity contribution is 0.143. The van der Waals surface area contributed by atoms with Crippen LogP contribution in [0.25, 0.3) is 11.1 Å². The second-order valence-electron chi connectivity index (χ2n) is 9.65. The van der Waals surface area contributed by atoms with Crippen molar-refractivity contribution in [1.82, 2.24) is 5.32 Å². The van der Waals surface area contributed by atoms with Crippen molar-refractivity contribution in [2.75, 3.05) is 13.8 Å². The number of hydrogen-bond acceptors (Lipinski definition) is 6. The van der Waals surface area contributed by atoms with Gasteiger partial charge < -0.3 is 24.1 Å². The third-order valence-electron chi connectivity index (χ3n) is 7.01. The molecule has 8 nitrogen and oxygen atoms in total. The highest BCUT2D eigenvalue weighted by Crippen LogP contribution is 2.41. The van der Waals surface area contributed by atoms with Crippen LogP contribution in [0, 0.1) is 0 Å². The average molecular weight is 568 g/mol. The third-order valence-corrected chi connectivity index (χ3v) is 7.46. The molecule has 0 spiro atoms. The highest BCUT2D eigenvalue weighted by molar-refractivity contribution is 7.46. The molecule has 0 aromatic heterocycles. The number of likely N-dealkylation sites (N-methyl/N-ethyl adjacent to an activating group) is 1.